The van der Waals surface area contributed by atoms with E-state index in [0.29, 0.717) is 0 Å². The van der Waals surface area contributed by atoms with Crippen molar-refractivity contribution in [1.82, 2.24) is 4.98 Å². The molecule has 0 bridgehead atoms. The molecule has 1 aliphatic carbocycles. The van der Waals surface area contributed by atoms with E-state index in [9.17, 15) is 4.79 Å². The number of pyridine rings is 1. The molecule has 0 N–H and O–H groups in total. The second kappa shape index (κ2) is 4.76. The number of hydrogen-bond donors (Lipinski definition) is 0. The molecule has 3 rings (SSSR count). The van der Waals surface area contributed by atoms with E-state index in [2.05, 4.69) is 20.9 Å². The number of piperidine rings is 1. The second-order valence-electron chi connectivity index (χ2n) is 5.68. The van der Waals surface area contributed by atoms with Crippen molar-refractivity contribution in [2.75, 3.05) is 24.5 Å². The monoisotopic (exact) mass is 257 g/mol. The number of fused-ring (bicyclic) bond motifs is 1. The van der Waals surface area contributed by atoms with Crippen LogP contribution in [-0.4, -0.2) is 36.6 Å². The summed E-state index contributed by atoms with van der Waals surface area (Å²) >= 11 is 0. The van der Waals surface area contributed by atoms with Crippen LogP contribution < -0.4 is 4.90 Å². The summed E-state index contributed by atoms with van der Waals surface area (Å²) in [5.74, 6) is 2.99. The highest BCUT2D eigenvalue weighted by molar-refractivity contribution is 5.85. The lowest BCUT2D eigenvalue weighted by Crippen LogP contribution is -2.23. The van der Waals surface area contributed by atoms with Crippen molar-refractivity contribution in [3.05, 3.63) is 23.4 Å². The van der Waals surface area contributed by atoms with Crippen molar-refractivity contribution >= 4 is 17.8 Å². The molecular formula is C15H19N3O. The van der Waals surface area contributed by atoms with E-state index in [4.69, 9.17) is 0 Å². The van der Waals surface area contributed by atoms with Gasteiger partial charge in [0.2, 0.25) is 0 Å². The number of aliphatic imine (C=N–C) groups is 1. The number of anilines is 1. The fourth-order valence-electron chi connectivity index (χ4n) is 2.73. The smallest absolute Gasteiger partial charge is 0.151 e. The van der Waals surface area contributed by atoms with Crippen LogP contribution in [0.1, 0.15) is 24.6 Å². The van der Waals surface area contributed by atoms with Gasteiger partial charge >= 0.3 is 0 Å². The van der Waals surface area contributed by atoms with Gasteiger partial charge in [0.1, 0.15) is 5.82 Å². The predicted molar refractivity (Wildman–Crippen MR) is 75.9 cm³/mol. The first kappa shape index (κ1) is 12.3. The number of Topliss-reactive ketones (excluding diaryl/α,β-unsaturated/α-hetero) is 1. The first-order chi connectivity index (χ1) is 9.13. The Balaban J connectivity index is 1.70. The Bertz CT molecular complexity index is 528. The summed E-state index contributed by atoms with van der Waals surface area (Å²) in [6, 6.07) is 4.11. The molecule has 1 saturated heterocycles. The van der Waals surface area contributed by atoms with Gasteiger partial charge in [-0.25, -0.2) is 4.98 Å². The molecule has 1 aromatic heterocycles. The van der Waals surface area contributed by atoms with Crippen LogP contribution >= 0.6 is 0 Å². The summed E-state index contributed by atoms with van der Waals surface area (Å²) in [5, 5.41) is 0. The predicted octanol–water partition coefficient (Wildman–Crippen LogP) is 1.85. The maximum atomic E-state index is 10.8. The highest BCUT2D eigenvalue weighted by Crippen LogP contribution is 2.45. The minimum atomic E-state index is 0.0785. The molecule has 2 heterocycles. The van der Waals surface area contributed by atoms with Crippen LogP contribution in [0, 0.1) is 18.8 Å². The first-order valence-corrected chi connectivity index (χ1v) is 6.85. The Kier molecular flexibility index (Phi) is 3.09. The van der Waals surface area contributed by atoms with E-state index in [1.165, 1.54) is 6.42 Å². The summed E-state index contributed by atoms with van der Waals surface area (Å²) in [7, 11) is 0. The first-order valence-electron chi connectivity index (χ1n) is 6.85. The van der Waals surface area contributed by atoms with Crippen molar-refractivity contribution < 1.29 is 4.79 Å². The third-order valence-corrected chi connectivity index (χ3v) is 3.96. The Hall–Kier alpha value is -1.71. The Labute approximate surface area is 113 Å². The summed E-state index contributed by atoms with van der Waals surface area (Å²) in [6.45, 7) is 6.11. The molecule has 1 aromatic rings. The average molecular weight is 257 g/mol. The lowest BCUT2D eigenvalue weighted by atomic mass is 10.2. The number of rotatable bonds is 4. The van der Waals surface area contributed by atoms with Crippen LogP contribution in [0.2, 0.25) is 0 Å². The topological polar surface area (TPSA) is 45.6 Å². The molecule has 4 nitrogen and oxygen atoms in total. The van der Waals surface area contributed by atoms with Gasteiger partial charge in [0.15, 0.2) is 5.78 Å². The fraction of sp³-hybridized carbons (Fsp3) is 0.533. The van der Waals surface area contributed by atoms with Crippen molar-refractivity contribution in [2.24, 2.45) is 16.8 Å². The molecule has 2 fully saturated rings. The second-order valence-corrected chi connectivity index (χ2v) is 5.68. The summed E-state index contributed by atoms with van der Waals surface area (Å²) in [4.78, 5) is 22.0. The number of ketones is 1. The van der Waals surface area contributed by atoms with Crippen LogP contribution in [0.3, 0.4) is 0 Å². The highest BCUT2D eigenvalue weighted by atomic mass is 16.1. The third-order valence-electron chi connectivity index (χ3n) is 3.96. The number of aryl methyl sites for hydroxylation is 1. The number of carbonyl (C=O) groups excluding carboxylic acids is 1. The summed E-state index contributed by atoms with van der Waals surface area (Å²) in [5.41, 5.74) is 1.97. The van der Waals surface area contributed by atoms with Crippen molar-refractivity contribution in [3.8, 4) is 0 Å². The normalized spacial score (nSPS) is 24.8. The molecular weight excluding hydrogens is 238 g/mol. The summed E-state index contributed by atoms with van der Waals surface area (Å²) < 4.78 is 0. The van der Waals surface area contributed by atoms with E-state index in [0.717, 1.165) is 42.0 Å². The van der Waals surface area contributed by atoms with E-state index in [-0.39, 0.29) is 12.3 Å². The summed E-state index contributed by atoms with van der Waals surface area (Å²) in [6.07, 6.45) is 3.15. The maximum absolute atomic E-state index is 10.8. The Morgan fingerprint density at radius 3 is 2.84 bits per heavy atom. The molecule has 19 heavy (non-hydrogen) atoms. The van der Waals surface area contributed by atoms with Gasteiger partial charge < -0.3 is 4.90 Å². The zero-order valence-corrected chi connectivity index (χ0v) is 11.5. The van der Waals surface area contributed by atoms with Crippen molar-refractivity contribution in [3.63, 3.8) is 0 Å². The lowest BCUT2D eigenvalue weighted by molar-refractivity contribution is -0.115. The van der Waals surface area contributed by atoms with Crippen LogP contribution in [0.25, 0.3) is 0 Å². The van der Waals surface area contributed by atoms with Gasteiger partial charge in [-0.3, -0.25) is 9.79 Å². The van der Waals surface area contributed by atoms with E-state index in [1.807, 2.05) is 13.0 Å². The van der Waals surface area contributed by atoms with E-state index in [1.54, 1.807) is 13.1 Å². The van der Waals surface area contributed by atoms with Crippen LogP contribution in [0.15, 0.2) is 17.1 Å². The number of nitrogens with zero attached hydrogens (tertiary/aromatic N) is 3. The van der Waals surface area contributed by atoms with Crippen molar-refractivity contribution in [1.29, 1.82) is 0 Å². The van der Waals surface area contributed by atoms with Gasteiger partial charge in [-0.05, 0) is 44.2 Å². The molecule has 2 unspecified atom stereocenters. The number of carbonyl (C=O) groups is 1. The van der Waals surface area contributed by atoms with Crippen molar-refractivity contribution in [2.45, 2.75) is 20.3 Å². The van der Waals surface area contributed by atoms with Crippen LogP contribution in [-0.2, 0) is 4.79 Å². The van der Waals surface area contributed by atoms with E-state index >= 15 is 0 Å². The average Bonchev–Trinajstić information content (AvgIpc) is 2.98. The molecule has 0 radical (unpaired) electrons. The maximum Gasteiger partial charge on any atom is 0.151 e. The molecule has 4 heteroatoms. The van der Waals surface area contributed by atoms with Gasteiger partial charge in [0.05, 0.1) is 6.54 Å². The molecule has 2 aliphatic rings. The Morgan fingerprint density at radius 1 is 1.47 bits per heavy atom. The molecule has 1 saturated carbocycles. The van der Waals surface area contributed by atoms with Gasteiger partial charge in [-0.15, -0.1) is 0 Å². The minimum absolute atomic E-state index is 0.0785. The fourth-order valence-corrected chi connectivity index (χ4v) is 2.73. The SMILES string of the molecule is CC(=O)CN=Cc1ccc(N2CC3CC3C2)nc1C. The zero-order chi connectivity index (χ0) is 13.4. The quantitative estimate of drug-likeness (QED) is 0.773. The number of aromatic nitrogens is 1. The molecule has 0 aromatic carbocycles. The lowest BCUT2D eigenvalue weighted by Gasteiger charge is -2.19. The molecule has 0 spiro atoms. The molecule has 0 amide bonds. The molecule has 100 valence electrons. The standard InChI is InChI=1S/C15H19N3O/c1-10(19)6-16-7-12-3-4-15(17-11(12)2)18-8-13-5-14(13)9-18/h3-4,7,13-14H,5-6,8-9H2,1-2H3. The largest absolute Gasteiger partial charge is 0.356 e. The van der Waals surface area contributed by atoms with Gasteiger partial charge in [-0.1, -0.05) is 0 Å². The van der Waals surface area contributed by atoms with Gasteiger partial charge in [-0.2, -0.15) is 0 Å². The molecule has 1 aliphatic heterocycles. The third kappa shape index (κ3) is 2.67. The van der Waals surface area contributed by atoms with Gasteiger partial charge in [0.25, 0.3) is 0 Å². The van der Waals surface area contributed by atoms with Crippen LogP contribution in [0.5, 0.6) is 0 Å². The Morgan fingerprint density at radius 2 is 2.21 bits per heavy atom. The van der Waals surface area contributed by atoms with Gasteiger partial charge in [0, 0.05) is 30.6 Å². The van der Waals surface area contributed by atoms with Crippen LogP contribution in [0.4, 0.5) is 5.82 Å². The minimum Gasteiger partial charge on any atom is -0.356 e. The molecule has 2 atom stereocenters. The zero-order valence-electron chi connectivity index (χ0n) is 11.5. The van der Waals surface area contributed by atoms with E-state index < -0.39 is 0 Å². The number of hydrogen-bond acceptors (Lipinski definition) is 4. The highest BCUT2D eigenvalue weighted by Gasteiger charge is 2.45.